The number of benzene rings is 3. The van der Waals surface area contributed by atoms with Gasteiger partial charge in [0.05, 0.1) is 20.5 Å². The van der Waals surface area contributed by atoms with E-state index in [9.17, 15) is 4.79 Å². The first-order chi connectivity index (χ1) is 15.2. The third kappa shape index (κ3) is 4.43. The summed E-state index contributed by atoms with van der Waals surface area (Å²) < 4.78 is 21.7. The van der Waals surface area contributed by atoms with Crippen molar-refractivity contribution in [2.75, 3.05) is 14.2 Å². The maximum absolute atomic E-state index is 12.1. The van der Waals surface area contributed by atoms with Gasteiger partial charge in [-0.15, -0.1) is 0 Å². The lowest BCUT2D eigenvalue weighted by Gasteiger charge is -2.13. The average Bonchev–Trinajstić information content (AvgIpc) is 3.26. The summed E-state index contributed by atoms with van der Waals surface area (Å²) >= 11 is 0. The fourth-order valence-corrected chi connectivity index (χ4v) is 3.21. The van der Waals surface area contributed by atoms with Crippen molar-refractivity contribution in [3.63, 3.8) is 0 Å². The Bertz CT molecular complexity index is 1190. The average molecular weight is 415 g/mol. The van der Waals surface area contributed by atoms with Crippen molar-refractivity contribution in [2.24, 2.45) is 0 Å². The lowest BCUT2D eigenvalue weighted by Crippen LogP contribution is -2.08. The van der Waals surface area contributed by atoms with Gasteiger partial charge in [0.15, 0.2) is 5.58 Å². The van der Waals surface area contributed by atoms with Crippen LogP contribution in [0.2, 0.25) is 0 Å². The highest BCUT2D eigenvalue weighted by atomic mass is 16.5. The predicted molar refractivity (Wildman–Crippen MR) is 117 cm³/mol. The van der Waals surface area contributed by atoms with Crippen LogP contribution in [0.4, 0.5) is 0 Å². The number of nitrogens with zero attached hydrogens (tertiary/aromatic N) is 1. The Balaban J connectivity index is 1.51. The zero-order valence-corrected chi connectivity index (χ0v) is 17.2. The lowest BCUT2D eigenvalue weighted by molar-refractivity contribution is -0.133. The van der Waals surface area contributed by atoms with E-state index in [1.54, 1.807) is 0 Å². The molecular formula is C25H21NO5. The van der Waals surface area contributed by atoms with Crippen LogP contribution in [0.25, 0.3) is 28.1 Å². The normalized spacial score (nSPS) is 11.4. The van der Waals surface area contributed by atoms with Crippen molar-refractivity contribution in [1.29, 1.82) is 0 Å². The largest absolute Gasteiger partial charge is 0.503 e. The molecule has 4 rings (SSSR count). The van der Waals surface area contributed by atoms with Crippen molar-refractivity contribution < 1.29 is 23.4 Å². The van der Waals surface area contributed by atoms with E-state index in [1.165, 1.54) is 20.5 Å². The van der Waals surface area contributed by atoms with Crippen molar-refractivity contribution in [3.05, 3.63) is 90.2 Å². The Kier molecular flexibility index (Phi) is 5.98. The number of aromatic nitrogens is 1. The zero-order chi connectivity index (χ0) is 21.6. The van der Waals surface area contributed by atoms with Crippen LogP contribution in [0.15, 0.2) is 83.5 Å². The second-order valence-corrected chi connectivity index (χ2v) is 6.72. The van der Waals surface area contributed by atoms with Crippen LogP contribution in [0.1, 0.15) is 11.1 Å². The number of para-hydroxylation sites is 2. The molecule has 0 bridgehead atoms. The summed E-state index contributed by atoms with van der Waals surface area (Å²) in [6, 6.07) is 22.6. The molecule has 0 spiro atoms. The monoisotopic (exact) mass is 415 g/mol. The first kappa shape index (κ1) is 20.2. The van der Waals surface area contributed by atoms with Gasteiger partial charge >= 0.3 is 5.97 Å². The summed E-state index contributed by atoms with van der Waals surface area (Å²) in [5, 5.41) is 0. The first-order valence-corrected chi connectivity index (χ1v) is 9.68. The fraction of sp³-hybridized carbons (Fsp3) is 0.120. The van der Waals surface area contributed by atoms with Gasteiger partial charge in [-0.3, -0.25) is 0 Å². The van der Waals surface area contributed by atoms with Gasteiger partial charge in [-0.25, -0.2) is 9.78 Å². The van der Waals surface area contributed by atoms with E-state index in [0.29, 0.717) is 22.8 Å². The fourth-order valence-electron chi connectivity index (χ4n) is 3.21. The molecule has 0 fully saturated rings. The number of hydrogen-bond donors (Lipinski definition) is 0. The van der Waals surface area contributed by atoms with Crippen LogP contribution in [0.5, 0.6) is 5.75 Å². The van der Waals surface area contributed by atoms with Gasteiger partial charge in [-0.1, -0.05) is 36.4 Å². The number of oxazole rings is 1. The van der Waals surface area contributed by atoms with Gasteiger partial charge in [0, 0.05) is 5.56 Å². The number of rotatable bonds is 7. The van der Waals surface area contributed by atoms with Crippen molar-refractivity contribution in [3.8, 4) is 17.2 Å². The summed E-state index contributed by atoms with van der Waals surface area (Å²) in [6.45, 7) is 0.274. The van der Waals surface area contributed by atoms with Gasteiger partial charge in [-0.2, -0.15) is 0 Å². The van der Waals surface area contributed by atoms with E-state index in [4.69, 9.17) is 18.6 Å². The number of esters is 1. The molecule has 156 valence electrons. The van der Waals surface area contributed by atoms with Gasteiger partial charge in [0.2, 0.25) is 5.89 Å². The number of hydrogen-bond acceptors (Lipinski definition) is 6. The van der Waals surface area contributed by atoms with Crippen molar-refractivity contribution >= 4 is 22.6 Å². The zero-order valence-electron chi connectivity index (χ0n) is 17.2. The van der Waals surface area contributed by atoms with Crippen LogP contribution in [-0.2, 0) is 20.9 Å². The van der Waals surface area contributed by atoms with Crippen LogP contribution in [0.3, 0.4) is 0 Å². The number of carbonyl (C=O) groups is 1. The van der Waals surface area contributed by atoms with Gasteiger partial charge in [0.25, 0.3) is 0 Å². The molecule has 0 amide bonds. The summed E-state index contributed by atoms with van der Waals surface area (Å²) in [6.07, 6.45) is 1.37. The van der Waals surface area contributed by atoms with E-state index in [2.05, 4.69) is 4.98 Å². The molecule has 31 heavy (non-hydrogen) atoms. The smallest absolute Gasteiger partial charge is 0.341 e. The molecular weight excluding hydrogens is 394 g/mol. The highest BCUT2D eigenvalue weighted by Crippen LogP contribution is 2.27. The SMILES string of the molecule is CO/C=C(/C(=O)OC)c1ccccc1COc1ccc(-c2nc3ccccc3o2)cc1. The van der Waals surface area contributed by atoms with Crippen LogP contribution >= 0.6 is 0 Å². The minimum Gasteiger partial charge on any atom is -0.503 e. The van der Waals surface area contributed by atoms with Crippen LogP contribution in [-0.4, -0.2) is 25.2 Å². The molecule has 6 heteroatoms. The third-order valence-corrected chi connectivity index (χ3v) is 4.74. The van der Waals surface area contributed by atoms with Crippen molar-refractivity contribution in [2.45, 2.75) is 6.61 Å². The number of methoxy groups -OCH3 is 2. The number of ether oxygens (including phenoxy) is 3. The number of fused-ring (bicyclic) bond motifs is 1. The first-order valence-electron chi connectivity index (χ1n) is 9.68. The Morgan fingerprint density at radius 1 is 0.968 bits per heavy atom. The molecule has 3 aromatic carbocycles. The Morgan fingerprint density at radius 3 is 2.45 bits per heavy atom. The molecule has 0 N–H and O–H groups in total. The highest BCUT2D eigenvalue weighted by molar-refractivity contribution is 6.16. The maximum atomic E-state index is 12.1. The Morgan fingerprint density at radius 2 is 1.71 bits per heavy atom. The quantitative estimate of drug-likeness (QED) is 0.234. The second-order valence-electron chi connectivity index (χ2n) is 6.72. The third-order valence-electron chi connectivity index (χ3n) is 4.74. The predicted octanol–water partition coefficient (Wildman–Crippen LogP) is 5.23. The van der Waals surface area contributed by atoms with E-state index >= 15 is 0 Å². The van der Waals surface area contributed by atoms with Gasteiger partial charge < -0.3 is 18.6 Å². The van der Waals surface area contributed by atoms with E-state index in [0.717, 1.165) is 22.2 Å². The van der Waals surface area contributed by atoms with E-state index in [1.807, 2.05) is 72.8 Å². The molecule has 0 unspecified atom stereocenters. The molecule has 0 atom stereocenters. The molecule has 4 aromatic rings. The minimum absolute atomic E-state index is 0.274. The lowest BCUT2D eigenvalue weighted by atomic mass is 10.0. The summed E-state index contributed by atoms with van der Waals surface area (Å²) in [4.78, 5) is 16.6. The van der Waals surface area contributed by atoms with Crippen molar-refractivity contribution in [1.82, 2.24) is 4.98 Å². The topological polar surface area (TPSA) is 70.8 Å². The van der Waals surface area contributed by atoms with Crippen LogP contribution in [0, 0.1) is 0 Å². The van der Waals surface area contributed by atoms with E-state index in [-0.39, 0.29) is 6.61 Å². The summed E-state index contributed by atoms with van der Waals surface area (Å²) in [5.41, 5.74) is 4.29. The molecule has 1 aromatic heterocycles. The molecule has 0 aliphatic carbocycles. The van der Waals surface area contributed by atoms with Gasteiger partial charge in [0.1, 0.15) is 23.4 Å². The van der Waals surface area contributed by atoms with Gasteiger partial charge in [-0.05, 0) is 47.5 Å². The molecule has 0 radical (unpaired) electrons. The number of carbonyl (C=O) groups excluding carboxylic acids is 1. The van der Waals surface area contributed by atoms with E-state index < -0.39 is 5.97 Å². The second kappa shape index (κ2) is 9.17. The summed E-state index contributed by atoms with van der Waals surface area (Å²) in [5.74, 6) is 0.771. The standard InChI is InChI=1S/C25H21NO5/c1-28-16-21(25(27)29-2)20-8-4-3-7-18(20)15-30-19-13-11-17(12-14-19)24-26-22-9-5-6-10-23(22)31-24/h3-14,16H,15H2,1-2H3/b21-16+. The molecule has 0 aliphatic rings. The molecule has 0 saturated heterocycles. The highest BCUT2D eigenvalue weighted by Gasteiger charge is 2.17. The molecule has 1 heterocycles. The summed E-state index contributed by atoms with van der Waals surface area (Å²) in [7, 11) is 2.82. The molecule has 0 aliphatic heterocycles. The minimum atomic E-state index is -0.475. The molecule has 6 nitrogen and oxygen atoms in total. The Hall–Kier alpha value is -4.06. The Labute approximate surface area is 179 Å². The van der Waals surface area contributed by atoms with Crippen LogP contribution < -0.4 is 4.74 Å². The maximum Gasteiger partial charge on any atom is 0.341 e. The molecule has 0 saturated carbocycles.